The molecule has 1 aromatic carbocycles. The van der Waals surface area contributed by atoms with Crippen LogP contribution in [0.4, 0.5) is 0 Å². The number of piperidine rings is 1. The number of hydrogen-bond donors (Lipinski definition) is 1. The fourth-order valence-electron chi connectivity index (χ4n) is 2.85. The van der Waals surface area contributed by atoms with Crippen LogP contribution in [0.5, 0.6) is 5.75 Å². The van der Waals surface area contributed by atoms with Crippen molar-refractivity contribution in [3.05, 3.63) is 29.8 Å². The van der Waals surface area contributed by atoms with Crippen molar-refractivity contribution < 1.29 is 9.53 Å². The molecule has 1 aliphatic rings. The summed E-state index contributed by atoms with van der Waals surface area (Å²) in [5.41, 5.74) is 6.79. The third kappa shape index (κ3) is 5.18. The van der Waals surface area contributed by atoms with Crippen LogP contribution in [-0.2, 0) is 11.2 Å². The molecule has 2 N–H and O–H groups in total. The van der Waals surface area contributed by atoms with Gasteiger partial charge in [-0.1, -0.05) is 12.1 Å². The first kappa shape index (κ1) is 18.8. The SMILES string of the molecule is CC(C)Oc1cccc(CC(=O)N2CCCCC2CN)c1.Cl. The van der Waals surface area contributed by atoms with E-state index in [0.29, 0.717) is 13.0 Å². The second kappa shape index (κ2) is 9.01. The molecule has 1 atom stereocenters. The standard InChI is InChI=1S/C17H26N2O2.ClH/c1-13(2)21-16-8-5-6-14(10-16)11-17(20)19-9-4-3-7-15(19)12-18;/h5-6,8,10,13,15H,3-4,7,9,11-12,18H2,1-2H3;1H. The van der Waals surface area contributed by atoms with E-state index in [2.05, 4.69) is 0 Å². The molecular weight excluding hydrogens is 300 g/mol. The van der Waals surface area contributed by atoms with E-state index in [0.717, 1.165) is 30.7 Å². The highest BCUT2D eigenvalue weighted by molar-refractivity contribution is 5.85. The summed E-state index contributed by atoms with van der Waals surface area (Å²) >= 11 is 0. The van der Waals surface area contributed by atoms with E-state index in [4.69, 9.17) is 10.5 Å². The summed E-state index contributed by atoms with van der Waals surface area (Å²) in [6.07, 6.45) is 3.84. The van der Waals surface area contributed by atoms with Gasteiger partial charge in [0.1, 0.15) is 5.75 Å². The van der Waals surface area contributed by atoms with Crippen molar-refractivity contribution >= 4 is 18.3 Å². The second-order valence-electron chi connectivity index (χ2n) is 5.96. The maximum absolute atomic E-state index is 12.5. The molecule has 1 aromatic rings. The Labute approximate surface area is 139 Å². The smallest absolute Gasteiger partial charge is 0.227 e. The van der Waals surface area contributed by atoms with Crippen molar-refractivity contribution in [3.8, 4) is 5.75 Å². The average Bonchev–Trinajstić information content (AvgIpc) is 2.46. The van der Waals surface area contributed by atoms with E-state index < -0.39 is 0 Å². The monoisotopic (exact) mass is 326 g/mol. The fourth-order valence-corrected chi connectivity index (χ4v) is 2.85. The lowest BCUT2D eigenvalue weighted by Crippen LogP contribution is -2.48. The summed E-state index contributed by atoms with van der Waals surface area (Å²) in [5.74, 6) is 0.996. The molecule has 1 amide bonds. The van der Waals surface area contributed by atoms with E-state index in [1.807, 2.05) is 43.0 Å². The minimum Gasteiger partial charge on any atom is -0.491 e. The van der Waals surface area contributed by atoms with Crippen LogP contribution in [0, 0.1) is 0 Å². The molecule has 2 rings (SSSR count). The van der Waals surface area contributed by atoms with Gasteiger partial charge in [-0.3, -0.25) is 4.79 Å². The number of benzene rings is 1. The number of nitrogens with two attached hydrogens (primary N) is 1. The number of halogens is 1. The number of ether oxygens (including phenoxy) is 1. The molecule has 4 nitrogen and oxygen atoms in total. The Hall–Kier alpha value is -1.26. The number of nitrogens with zero attached hydrogens (tertiary/aromatic N) is 1. The molecule has 0 saturated carbocycles. The number of carbonyl (C=O) groups excluding carboxylic acids is 1. The van der Waals surface area contributed by atoms with Crippen LogP contribution in [-0.4, -0.2) is 36.0 Å². The summed E-state index contributed by atoms with van der Waals surface area (Å²) in [5, 5.41) is 0. The van der Waals surface area contributed by atoms with Gasteiger partial charge in [0.25, 0.3) is 0 Å². The zero-order valence-corrected chi connectivity index (χ0v) is 14.3. The molecule has 0 aromatic heterocycles. The van der Waals surface area contributed by atoms with Gasteiger partial charge in [-0.15, -0.1) is 12.4 Å². The first-order chi connectivity index (χ1) is 10.1. The predicted molar refractivity (Wildman–Crippen MR) is 91.6 cm³/mol. The Balaban J connectivity index is 0.00000242. The Morgan fingerprint density at radius 3 is 2.86 bits per heavy atom. The normalized spacial score (nSPS) is 18.0. The van der Waals surface area contributed by atoms with Crippen molar-refractivity contribution in [2.45, 2.75) is 51.7 Å². The molecule has 0 aliphatic carbocycles. The lowest BCUT2D eigenvalue weighted by Gasteiger charge is -2.35. The Morgan fingerprint density at radius 2 is 2.18 bits per heavy atom. The molecule has 0 bridgehead atoms. The van der Waals surface area contributed by atoms with Gasteiger partial charge in [0, 0.05) is 19.1 Å². The van der Waals surface area contributed by atoms with E-state index in [1.165, 1.54) is 6.42 Å². The van der Waals surface area contributed by atoms with Crippen molar-refractivity contribution in [2.24, 2.45) is 5.73 Å². The van der Waals surface area contributed by atoms with Gasteiger partial charge in [0.05, 0.1) is 12.5 Å². The molecule has 1 heterocycles. The van der Waals surface area contributed by atoms with Crippen LogP contribution in [0.2, 0.25) is 0 Å². The average molecular weight is 327 g/mol. The van der Waals surface area contributed by atoms with Crippen molar-refractivity contribution in [3.63, 3.8) is 0 Å². The molecule has 0 spiro atoms. The highest BCUT2D eigenvalue weighted by atomic mass is 35.5. The lowest BCUT2D eigenvalue weighted by atomic mass is 10.0. The molecule has 22 heavy (non-hydrogen) atoms. The highest BCUT2D eigenvalue weighted by Gasteiger charge is 2.25. The number of amides is 1. The molecule has 0 radical (unpaired) electrons. The summed E-state index contributed by atoms with van der Waals surface area (Å²) in [6, 6.07) is 8.02. The van der Waals surface area contributed by atoms with Gasteiger partial charge in [-0.2, -0.15) is 0 Å². The van der Waals surface area contributed by atoms with Gasteiger partial charge in [0.2, 0.25) is 5.91 Å². The topological polar surface area (TPSA) is 55.6 Å². The summed E-state index contributed by atoms with van der Waals surface area (Å²) in [7, 11) is 0. The summed E-state index contributed by atoms with van der Waals surface area (Å²) in [4.78, 5) is 14.5. The largest absolute Gasteiger partial charge is 0.491 e. The third-order valence-corrected chi connectivity index (χ3v) is 3.85. The molecule has 1 fully saturated rings. The zero-order valence-electron chi connectivity index (χ0n) is 13.5. The molecule has 124 valence electrons. The molecule has 1 aliphatic heterocycles. The van der Waals surface area contributed by atoms with E-state index in [9.17, 15) is 4.79 Å². The van der Waals surface area contributed by atoms with Gasteiger partial charge in [0.15, 0.2) is 0 Å². The Kier molecular flexibility index (Phi) is 7.69. The summed E-state index contributed by atoms with van der Waals surface area (Å²) < 4.78 is 5.68. The minimum absolute atomic E-state index is 0. The number of hydrogen-bond acceptors (Lipinski definition) is 3. The molecule has 5 heteroatoms. The van der Waals surface area contributed by atoms with Crippen LogP contribution in [0.3, 0.4) is 0 Å². The quantitative estimate of drug-likeness (QED) is 0.905. The maximum Gasteiger partial charge on any atom is 0.227 e. The van der Waals surface area contributed by atoms with Gasteiger partial charge in [-0.25, -0.2) is 0 Å². The van der Waals surface area contributed by atoms with Gasteiger partial charge < -0.3 is 15.4 Å². The maximum atomic E-state index is 12.5. The molecule has 1 saturated heterocycles. The second-order valence-corrected chi connectivity index (χ2v) is 5.96. The zero-order chi connectivity index (χ0) is 15.2. The van der Waals surface area contributed by atoms with Crippen LogP contribution >= 0.6 is 12.4 Å². The number of rotatable bonds is 5. The first-order valence-electron chi connectivity index (χ1n) is 7.85. The highest BCUT2D eigenvalue weighted by Crippen LogP contribution is 2.19. The Morgan fingerprint density at radius 1 is 1.41 bits per heavy atom. The van der Waals surface area contributed by atoms with E-state index >= 15 is 0 Å². The number of likely N-dealkylation sites (tertiary alicyclic amines) is 1. The van der Waals surface area contributed by atoms with E-state index in [-0.39, 0.29) is 30.5 Å². The predicted octanol–water partition coefficient (Wildman–Crippen LogP) is 2.78. The molecule has 1 unspecified atom stereocenters. The van der Waals surface area contributed by atoms with Crippen LogP contribution < -0.4 is 10.5 Å². The van der Waals surface area contributed by atoms with Crippen molar-refractivity contribution in [1.82, 2.24) is 4.90 Å². The van der Waals surface area contributed by atoms with Crippen molar-refractivity contribution in [2.75, 3.05) is 13.1 Å². The summed E-state index contributed by atoms with van der Waals surface area (Å²) in [6.45, 7) is 5.39. The van der Waals surface area contributed by atoms with E-state index in [1.54, 1.807) is 0 Å². The van der Waals surface area contributed by atoms with Crippen LogP contribution in [0.25, 0.3) is 0 Å². The number of carbonyl (C=O) groups is 1. The van der Waals surface area contributed by atoms with Gasteiger partial charge >= 0.3 is 0 Å². The van der Waals surface area contributed by atoms with Crippen LogP contribution in [0.1, 0.15) is 38.7 Å². The van der Waals surface area contributed by atoms with Crippen LogP contribution in [0.15, 0.2) is 24.3 Å². The lowest BCUT2D eigenvalue weighted by molar-refractivity contribution is -0.133. The fraction of sp³-hybridized carbons (Fsp3) is 0.588. The van der Waals surface area contributed by atoms with Gasteiger partial charge in [-0.05, 0) is 50.8 Å². The third-order valence-electron chi connectivity index (χ3n) is 3.85. The minimum atomic E-state index is 0. The first-order valence-corrected chi connectivity index (χ1v) is 7.85. The Bertz CT molecular complexity index is 479. The van der Waals surface area contributed by atoms with Crippen molar-refractivity contribution in [1.29, 1.82) is 0 Å². The molecular formula is C17H27ClN2O2.